The van der Waals surface area contributed by atoms with Crippen molar-refractivity contribution >= 4 is 17.3 Å². The van der Waals surface area contributed by atoms with Crippen molar-refractivity contribution in [2.24, 2.45) is 22.4 Å². The molecule has 0 bridgehead atoms. The second-order valence-electron chi connectivity index (χ2n) is 4.56. The smallest absolute Gasteiger partial charge is 0.185 e. The molecular weight excluding hydrogens is 232 g/mol. The van der Waals surface area contributed by atoms with E-state index < -0.39 is 0 Å². The van der Waals surface area contributed by atoms with Crippen LogP contribution < -0.4 is 11.5 Å². The van der Waals surface area contributed by atoms with Gasteiger partial charge in [-0.1, -0.05) is 6.07 Å². The maximum atomic E-state index is 5.35. The molecule has 0 radical (unpaired) electrons. The molecule has 1 aromatic rings. The quantitative estimate of drug-likeness (QED) is 0.625. The maximum absolute atomic E-state index is 5.35. The van der Waals surface area contributed by atoms with E-state index in [2.05, 4.69) is 27.4 Å². The van der Waals surface area contributed by atoms with Crippen LogP contribution in [0.15, 0.2) is 22.5 Å². The van der Waals surface area contributed by atoms with Crippen molar-refractivity contribution in [1.82, 2.24) is 4.90 Å². The number of likely N-dealkylation sites (tertiary alicyclic amines) is 1. The first kappa shape index (κ1) is 12.4. The van der Waals surface area contributed by atoms with Gasteiger partial charge in [-0.15, -0.1) is 11.3 Å². The first-order chi connectivity index (χ1) is 8.24. The molecule has 0 atom stereocenters. The molecule has 0 aliphatic carbocycles. The fourth-order valence-corrected chi connectivity index (χ4v) is 2.93. The average molecular weight is 252 g/mol. The van der Waals surface area contributed by atoms with Gasteiger partial charge >= 0.3 is 0 Å². The Morgan fingerprint density at radius 2 is 2.18 bits per heavy atom. The molecule has 2 rings (SSSR count). The molecule has 1 aliphatic rings. The van der Waals surface area contributed by atoms with Crippen molar-refractivity contribution in [3.05, 3.63) is 22.4 Å². The van der Waals surface area contributed by atoms with Crippen molar-refractivity contribution in [2.75, 3.05) is 19.6 Å². The monoisotopic (exact) mass is 252 g/mol. The van der Waals surface area contributed by atoms with Crippen molar-refractivity contribution < 1.29 is 0 Å². The van der Waals surface area contributed by atoms with Crippen molar-refractivity contribution in [3.8, 4) is 0 Å². The van der Waals surface area contributed by atoms with E-state index in [0.29, 0.717) is 5.92 Å². The van der Waals surface area contributed by atoms with Gasteiger partial charge in [0.2, 0.25) is 0 Å². The number of nitrogens with two attached hydrogens (primary N) is 2. The van der Waals surface area contributed by atoms with E-state index in [-0.39, 0.29) is 5.96 Å². The van der Waals surface area contributed by atoms with Gasteiger partial charge < -0.3 is 11.5 Å². The number of aliphatic imine (C=N–C) groups is 1. The molecule has 4 nitrogen and oxygen atoms in total. The van der Waals surface area contributed by atoms with Gasteiger partial charge in [0.25, 0.3) is 0 Å². The van der Waals surface area contributed by atoms with Gasteiger partial charge in [0, 0.05) is 18.0 Å². The lowest BCUT2D eigenvalue weighted by atomic mass is 9.97. The van der Waals surface area contributed by atoms with E-state index in [1.807, 2.05) is 11.3 Å². The van der Waals surface area contributed by atoms with E-state index in [1.165, 1.54) is 17.7 Å². The van der Waals surface area contributed by atoms with Gasteiger partial charge in [-0.2, -0.15) is 0 Å². The Balaban J connectivity index is 1.72. The number of thiophene rings is 1. The molecule has 0 amide bonds. The first-order valence-corrected chi connectivity index (χ1v) is 6.92. The van der Waals surface area contributed by atoms with Crippen molar-refractivity contribution in [1.29, 1.82) is 0 Å². The highest BCUT2D eigenvalue weighted by Gasteiger charge is 2.18. The Labute approximate surface area is 106 Å². The standard InChI is InChI=1S/C12H20N4S/c13-12(14)15-8-10-3-5-16(6-4-10)9-11-2-1-7-17-11/h1-2,7,10H,3-6,8-9H2,(H4,13,14,15). The van der Waals surface area contributed by atoms with Crippen molar-refractivity contribution in [2.45, 2.75) is 19.4 Å². The zero-order chi connectivity index (χ0) is 12.1. The summed E-state index contributed by atoms with van der Waals surface area (Å²) in [5, 5.41) is 2.14. The third-order valence-corrected chi connectivity index (χ3v) is 4.06. The Kier molecular flexibility index (Phi) is 4.39. The second-order valence-corrected chi connectivity index (χ2v) is 5.60. The van der Waals surface area contributed by atoms with Crippen LogP contribution in [-0.2, 0) is 6.54 Å². The van der Waals surface area contributed by atoms with Crippen LogP contribution in [0.1, 0.15) is 17.7 Å². The minimum absolute atomic E-state index is 0.214. The minimum atomic E-state index is 0.214. The molecule has 0 saturated carbocycles. The molecular formula is C12H20N4S. The summed E-state index contributed by atoms with van der Waals surface area (Å²) in [6.07, 6.45) is 2.39. The van der Waals surface area contributed by atoms with Gasteiger partial charge in [0.15, 0.2) is 5.96 Å². The van der Waals surface area contributed by atoms with Crippen LogP contribution in [0.4, 0.5) is 0 Å². The third kappa shape index (κ3) is 4.02. The Morgan fingerprint density at radius 3 is 2.76 bits per heavy atom. The summed E-state index contributed by atoms with van der Waals surface area (Å²) in [7, 11) is 0. The van der Waals surface area contributed by atoms with Gasteiger partial charge in [0.05, 0.1) is 0 Å². The first-order valence-electron chi connectivity index (χ1n) is 6.04. The molecule has 0 spiro atoms. The van der Waals surface area contributed by atoms with Crippen LogP contribution >= 0.6 is 11.3 Å². The molecule has 0 aromatic carbocycles. The highest BCUT2D eigenvalue weighted by Crippen LogP contribution is 2.20. The van der Waals surface area contributed by atoms with E-state index in [1.54, 1.807) is 0 Å². The third-order valence-electron chi connectivity index (χ3n) is 3.20. The van der Waals surface area contributed by atoms with Crippen LogP contribution in [0.25, 0.3) is 0 Å². The molecule has 94 valence electrons. The topological polar surface area (TPSA) is 67.6 Å². The van der Waals surface area contributed by atoms with E-state index in [9.17, 15) is 0 Å². The number of nitrogens with zero attached hydrogens (tertiary/aromatic N) is 2. The lowest BCUT2D eigenvalue weighted by Crippen LogP contribution is -2.34. The molecule has 0 unspecified atom stereocenters. The Bertz CT molecular complexity index is 349. The number of hydrogen-bond acceptors (Lipinski definition) is 3. The Hall–Kier alpha value is -1.07. The number of piperidine rings is 1. The maximum Gasteiger partial charge on any atom is 0.185 e. The number of rotatable bonds is 4. The normalized spacial score (nSPS) is 18.1. The minimum Gasteiger partial charge on any atom is -0.370 e. The highest BCUT2D eigenvalue weighted by molar-refractivity contribution is 7.09. The highest BCUT2D eigenvalue weighted by atomic mass is 32.1. The molecule has 1 saturated heterocycles. The summed E-state index contributed by atoms with van der Waals surface area (Å²) in [4.78, 5) is 8.07. The van der Waals surface area contributed by atoms with Crippen LogP contribution in [0.2, 0.25) is 0 Å². The van der Waals surface area contributed by atoms with Crippen LogP contribution in [-0.4, -0.2) is 30.5 Å². The molecule has 4 N–H and O–H groups in total. The van der Waals surface area contributed by atoms with Crippen LogP contribution in [0.5, 0.6) is 0 Å². The fraction of sp³-hybridized carbons (Fsp3) is 0.583. The number of guanidine groups is 1. The Morgan fingerprint density at radius 1 is 1.41 bits per heavy atom. The molecule has 2 heterocycles. The van der Waals surface area contributed by atoms with Crippen molar-refractivity contribution in [3.63, 3.8) is 0 Å². The summed E-state index contributed by atoms with van der Waals surface area (Å²) in [6, 6.07) is 4.32. The molecule has 1 aliphatic heterocycles. The zero-order valence-electron chi connectivity index (χ0n) is 10.0. The predicted octanol–water partition coefficient (Wildman–Crippen LogP) is 1.23. The van der Waals surface area contributed by atoms with E-state index in [0.717, 1.165) is 26.2 Å². The van der Waals surface area contributed by atoms with Gasteiger partial charge in [-0.3, -0.25) is 9.89 Å². The fourth-order valence-electron chi connectivity index (χ4n) is 2.18. The molecule has 17 heavy (non-hydrogen) atoms. The predicted molar refractivity (Wildman–Crippen MR) is 73.0 cm³/mol. The van der Waals surface area contributed by atoms with E-state index >= 15 is 0 Å². The van der Waals surface area contributed by atoms with Gasteiger partial charge in [-0.25, -0.2) is 0 Å². The van der Waals surface area contributed by atoms with Crippen LogP contribution in [0, 0.1) is 5.92 Å². The van der Waals surface area contributed by atoms with Gasteiger partial charge in [0.1, 0.15) is 0 Å². The summed E-state index contributed by atoms with van der Waals surface area (Å²) in [6.45, 7) is 4.19. The largest absolute Gasteiger partial charge is 0.370 e. The second kappa shape index (κ2) is 6.02. The zero-order valence-corrected chi connectivity index (χ0v) is 10.8. The average Bonchev–Trinajstić information content (AvgIpc) is 2.81. The summed E-state index contributed by atoms with van der Waals surface area (Å²) in [5.74, 6) is 0.864. The summed E-state index contributed by atoms with van der Waals surface area (Å²) >= 11 is 1.83. The number of hydrogen-bond donors (Lipinski definition) is 2. The van der Waals surface area contributed by atoms with E-state index in [4.69, 9.17) is 11.5 Å². The summed E-state index contributed by atoms with van der Waals surface area (Å²) < 4.78 is 0. The van der Waals surface area contributed by atoms with Crippen LogP contribution in [0.3, 0.4) is 0 Å². The van der Waals surface area contributed by atoms with Gasteiger partial charge in [-0.05, 0) is 43.3 Å². The lowest BCUT2D eigenvalue weighted by molar-refractivity contribution is 0.182. The summed E-state index contributed by atoms with van der Waals surface area (Å²) in [5.41, 5.74) is 10.7. The lowest BCUT2D eigenvalue weighted by Gasteiger charge is -2.30. The SMILES string of the molecule is NC(N)=NCC1CCN(Cc2cccs2)CC1. The molecule has 5 heteroatoms. The molecule has 1 aromatic heterocycles. The molecule has 1 fully saturated rings.